The monoisotopic (exact) mass is 472 g/mol. The molecule has 0 unspecified atom stereocenters. The minimum absolute atomic E-state index is 0.0634. The van der Waals surface area contributed by atoms with Crippen molar-refractivity contribution in [3.05, 3.63) is 34.9 Å². The fourth-order valence-electron chi connectivity index (χ4n) is 4.02. The van der Waals surface area contributed by atoms with Gasteiger partial charge in [-0.1, -0.05) is 12.1 Å². The highest BCUT2D eigenvalue weighted by molar-refractivity contribution is 5.98. The number of ketones is 1. The molecule has 0 radical (unpaired) electrons. The standard InChI is InChI=1S/C21H30N2O3.C2HF3O2/c24-14-9-16-7-12-23(13-8-16)21(26)4-3-20(25)19-2-1-17-5-10-22-11-6-18(17)15-19;3-2(4,5)1(6)7/h1-2,15-16,22,24H,3-14H2;(H,6,7). The van der Waals surface area contributed by atoms with Crippen LogP contribution in [0.15, 0.2) is 18.2 Å². The number of aliphatic carboxylic acids is 1. The third-order valence-electron chi connectivity index (χ3n) is 5.98. The highest BCUT2D eigenvalue weighted by Crippen LogP contribution is 2.21. The first kappa shape index (κ1) is 26.8. The number of hydrogen-bond acceptors (Lipinski definition) is 5. The van der Waals surface area contributed by atoms with Crippen LogP contribution in [0.5, 0.6) is 0 Å². The zero-order valence-corrected chi connectivity index (χ0v) is 18.5. The third-order valence-corrected chi connectivity index (χ3v) is 5.98. The molecule has 0 bridgehead atoms. The number of carbonyl (C=O) groups is 3. The summed E-state index contributed by atoms with van der Waals surface area (Å²) in [6.07, 6.45) is 0.202. The normalized spacial score (nSPS) is 16.8. The predicted octanol–water partition coefficient (Wildman–Crippen LogP) is 2.59. The summed E-state index contributed by atoms with van der Waals surface area (Å²) in [4.78, 5) is 35.7. The van der Waals surface area contributed by atoms with Gasteiger partial charge in [-0.2, -0.15) is 13.2 Å². The van der Waals surface area contributed by atoms with Crippen molar-refractivity contribution in [3.8, 4) is 0 Å². The summed E-state index contributed by atoms with van der Waals surface area (Å²) in [7, 11) is 0. The van der Waals surface area contributed by atoms with Crippen molar-refractivity contribution in [2.24, 2.45) is 5.92 Å². The Hall–Kier alpha value is -2.46. The molecular formula is C23H31F3N2O5. The molecule has 1 amide bonds. The van der Waals surface area contributed by atoms with Crippen LogP contribution in [0.1, 0.15) is 53.6 Å². The molecule has 3 rings (SSSR count). The summed E-state index contributed by atoms with van der Waals surface area (Å²) in [5.74, 6) is -2.08. The molecule has 1 aromatic carbocycles. The maximum atomic E-state index is 12.5. The number of fused-ring (bicyclic) bond motifs is 1. The van der Waals surface area contributed by atoms with Crippen LogP contribution >= 0.6 is 0 Å². The van der Waals surface area contributed by atoms with E-state index in [1.54, 1.807) is 0 Å². The second-order valence-electron chi connectivity index (χ2n) is 8.30. The maximum Gasteiger partial charge on any atom is 0.490 e. The van der Waals surface area contributed by atoms with Gasteiger partial charge < -0.3 is 20.4 Å². The number of halogens is 3. The van der Waals surface area contributed by atoms with Crippen LogP contribution in [0.3, 0.4) is 0 Å². The molecule has 0 spiro atoms. The van der Waals surface area contributed by atoms with E-state index in [4.69, 9.17) is 15.0 Å². The van der Waals surface area contributed by atoms with Gasteiger partial charge in [-0.15, -0.1) is 0 Å². The molecule has 2 aliphatic rings. The molecule has 2 aliphatic heterocycles. The molecular weight excluding hydrogens is 441 g/mol. The molecule has 2 heterocycles. The first-order valence-electron chi connectivity index (χ1n) is 11.2. The van der Waals surface area contributed by atoms with Crippen molar-refractivity contribution in [1.82, 2.24) is 10.2 Å². The van der Waals surface area contributed by atoms with E-state index >= 15 is 0 Å². The number of nitrogens with one attached hydrogen (secondary N) is 1. The number of Topliss-reactive ketones (excluding diaryl/α,β-unsaturated/α-hetero) is 1. The lowest BCUT2D eigenvalue weighted by Crippen LogP contribution is -2.38. The van der Waals surface area contributed by atoms with Gasteiger partial charge in [0.1, 0.15) is 0 Å². The minimum atomic E-state index is -5.08. The summed E-state index contributed by atoms with van der Waals surface area (Å²) in [6.45, 7) is 3.68. The number of alkyl halides is 3. The number of likely N-dealkylation sites (tertiary alicyclic amines) is 1. The second kappa shape index (κ2) is 12.7. The van der Waals surface area contributed by atoms with E-state index in [-0.39, 0.29) is 24.7 Å². The van der Waals surface area contributed by atoms with Crippen molar-refractivity contribution in [2.45, 2.75) is 51.1 Å². The Morgan fingerprint density at radius 1 is 1.03 bits per heavy atom. The molecule has 0 aromatic heterocycles. The smallest absolute Gasteiger partial charge is 0.475 e. The number of carbonyl (C=O) groups excluding carboxylic acids is 2. The molecule has 10 heteroatoms. The van der Waals surface area contributed by atoms with Crippen LogP contribution in [-0.4, -0.2) is 71.7 Å². The van der Waals surface area contributed by atoms with Crippen LogP contribution < -0.4 is 5.32 Å². The number of aliphatic hydroxyl groups excluding tert-OH is 1. The van der Waals surface area contributed by atoms with Gasteiger partial charge in [0.25, 0.3) is 0 Å². The number of carboxylic acid groups (broad SMARTS) is 1. The molecule has 0 saturated carbocycles. The van der Waals surface area contributed by atoms with Gasteiger partial charge in [-0.25, -0.2) is 4.79 Å². The van der Waals surface area contributed by atoms with Gasteiger partial charge in [0.2, 0.25) is 5.91 Å². The Balaban J connectivity index is 0.000000479. The molecule has 7 nitrogen and oxygen atoms in total. The summed E-state index contributed by atoms with van der Waals surface area (Å²) in [5.41, 5.74) is 3.33. The van der Waals surface area contributed by atoms with Gasteiger partial charge in [-0.3, -0.25) is 9.59 Å². The summed E-state index contributed by atoms with van der Waals surface area (Å²) in [6, 6.07) is 6.01. The van der Waals surface area contributed by atoms with E-state index in [0.29, 0.717) is 12.3 Å². The van der Waals surface area contributed by atoms with Crippen molar-refractivity contribution in [3.63, 3.8) is 0 Å². The molecule has 3 N–H and O–H groups in total. The Bertz CT molecular complexity index is 821. The quantitative estimate of drug-likeness (QED) is 0.550. The van der Waals surface area contributed by atoms with E-state index in [2.05, 4.69) is 11.4 Å². The van der Waals surface area contributed by atoms with Gasteiger partial charge in [-0.05, 0) is 68.3 Å². The largest absolute Gasteiger partial charge is 0.490 e. The zero-order valence-electron chi connectivity index (χ0n) is 18.5. The molecule has 184 valence electrons. The van der Waals surface area contributed by atoms with E-state index in [9.17, 15) is 22.8 Å². The molecule has 0 atom stereocenters. The topological polar surface area (TPSA) is 107 Å². The van der Waals surface area contributed by atoms with Gasteiger partial charge >= 0.3 is 12.1 Å². The Kier molecular flexibility index (Phi) is 10.3. The number of piperidine rings is 1. The fourth-order valence-corrected chi connectivity index (χ4v) is 4.02. The zero-order chi connectivity index (χ0) is 24.4. The van der Waals surface area contributed by atoms with Crippen LogP contribution in [0, 0.1) is 5.92 Å². The van der Waals surface area contributed by atoms with Gasteiger partial charge in [0, 0.05) is 38.1 Å². The Morgan fingerprint density at radius 2 is 1.64 bits per heavy atom. The SMILES string of the molecule is O=C(CCC(=O)N1CCC(CCO)CC1)c1ccc2c(c1)CCNCC2.O=C(O)C(F)(F)F. The van der Waals surface area contributed by atoms with E-state index in [0.717, 1.165) is 63.8 Å². The highest BCUT2D eigenvalue weighted by Gasteiger charge is 2.38. The molecule has 33 heavy (non-hydrogen) atoms. The van der Waals surface area contributed by atoms with Crippen molar-refractivity contribution >= 4 is 17.7 Å². The van der Waals surface area contributed by atoms with Crippen molar-refractivity contribution in [1.29, 1.82) is 0 Å². The predicted molar refractivity (Wildman–Crippen MR) is 115 cm³/mol. The molecule has 1 fully saturated rings. The van der Waals surface area contributed by atoms with Crippen LogP contribution in [0.2, 0.25) is 0 Å². The Morgan fingerprint density at radius 3 is 2.21 bits per heavy atom. The number of benzene rings is 1. The number of amides is 1. The van der Waals surface area contributed by atoms with E-state index in [1.165, 1.54) is 11.1 Å². The maximum absolute atomic E-state index is 12.5. The number of carboxylic acids is 1. The summed E-state index contributed by atoms with van der Waals surface area (Å²) < 4.78 is 31.7. The minimum Gasteiger partial charge on any atom is -0.475 e. The first-order chi connectivity index (χ1) is 15.6. The number of aliphatic hydroxyl groups is 1. The lowest BCUT2D eigenvalue weighted by atomic mass is 9.93. The molecule has 0 aliphatic carbocycles. The van der Waals surface area contributed by atoms with E-state index in [1.807, 2.05) is 17.0 Å². The first-order valence-corrected chi connectivity index (χ1v) is 11.2. The fraction of sp³-hybridized carbons (Fsp3) is 0.609. The number of hydrogen-bond donors (Lipinski definition) is 3. The number of rotatable bonds is 6. The molecule has 1 aromatic rings. The van der Waals surface area contributed by atoms with Crippen molar-refractivity contribution in [2.75, 3.05) is 32.8 Å². The summed E-state index contributed by atoms with van der Waals surface area (Å²) >= 11 is 0. The van der Waals surface area contributed by atoms with Gasteiger partial charge in [0.15, 0.2) is 5.78 Å². The number of nitrogens with zero attached hydrogens (tertiary/aromatic N) is 1. The highest BCUT2D eigenvalue weighted by atomic mass is 19.4. The third kappa shape index (κ3) is 8.77. The van der Waals surface area contributed by atoms with Crippen LogP contribution in [0.25, 0.3) is 0 Å². The van der Waals surface area contributed by atoms with Crippen LogP contribution in [-0.2, 0) is 22.4 Å². The van der Waals surface area contributed by atoms with Crippen molar-refractivity contribution < 1.29 is 37.8 Å². The van der Waals surface area contributed by atoms with E-state index < -0.39 is 12.1 Å². The van der Waals surface area contributed by atoms with Gasteiger partial charge in [0.05, 0.1) is 0 Å². The molecule has 1 saturated heterocycles. The lowest BCUT2D eigenvalue weighted by Gasteiger charge is -2.31. The average molecular weight is 473 g/mol. The van der Waals surface area contributed by atoms with Crippen LogP contribution in [0.4, 0.5) is 13.2 Å². The average Bonchev–Trinajstić information content (AvgIpc) is 3.02. The Labute approximate surface area is 191 Å². The lowest BCUT2D eigenvalue weighted by molar-refractivity contribution is -0.192. The second-order valence-corrected chi connectivity index (χ2v) is 8.30. The summed E-state index contributed by atoms with van der Waals surface area (Å²) in [5, 5.41) is 19.5.